The topological polar surface area (TPSA) is 17.1 Å². The SMILES string of the molecule is O=C(/C1=C/CCCCCC1)c1cc(F)ccc1Br. The Morgan fingerprint density at radius 3 is 2.78 bits per heavy atom. The third kappa shape index (κ3) is 3.29. The highest BCUT2D eigenvalue weighted by atomic mass is 79.9. The first kappa shape index (κ1) is 13.5. The molecular formula is C15H16BrFO. The lowest BCUT2D eigenvalue weighted by Crippen LogP contribution is -2.06. The summed E-state index contributed by atoms with van der Waals surface area (Å²) in [7, 11) is 0. The van der Waals surface area contributed by atoms with Crippen LogP contribution >= 0.6 is 15.9 Å². The molecule has 2 rings (SSSR count). The summed E-state index contributed by atoms with van der Waals surface area (Å²) >= 11 is 3.32. The highest BCUT2D eigenvalue weighted by molar-refractivity contribution is 9.10. The first-order valence-corrected chi connectivity index (χ1v) is 7.16. The van der Waals surface area contributed by atoms with E-state index in [4.69, 9.17) is 0 Å². The van der Waals surface area contributed by atoms with Gasteiger partial charge in [-0.2, -0.15) is 0 Å². The number of halogens is 2. The Morgan fingerprint density at radius 2 is 1.94 bits per heavy atom. The smallest absolute Gasteiger partial charge is 0.189 e. The van der Waals surface area contributed by atoms with E-state index in [1.807, 2.05) is 6.08 Å². The number of carbonyl (C=O) groups is 1. The number of hydrogen-bond donors (Lipinski definition) is 0. The fourth-order valence-electron chi connectivity index (χ4n) is 2.24. The maximum atomic E-state index is 13.2. The van der Waals surface area contributed by atoms with E-state index in [1.54, 1.807) is 6.07 Å². The first-order chi connectivity index (χ1) is 8.68. The monoisotopic (exact) mass is 310 g/mol. The summed E-state index contributed by atoms with van der Waals surface area (Å²) < 4.78 is 13.9. The van der Waals surface area contributed by atoms with Gasteiger partial charge in [0.15, 0.2) is 5.78 Å². The van der Waals surface area contributed by atoms with Crippen molar-refractivity contribution < 1.29 is 9.18 Å². The summed E-state index contributed by atoms with van der Waals surface area (Å²) in [5.41, 5.74) is 1.27. The minimum absolute atomic E-state index is 0.0386. The van der Waals surface area contributed by atoms with E-state index in [-0.39, 0.29) is 11.6 Å². The van der Waals surface area contributed by atoms with Crippen molar-refractivity contribution in [3.05, 3.63) is 45.7 Å². The van der Waals surface area contributed by atoms with Crippen LogP contribution < -0.4 is 0 Å². The summed E-state index contributed by atoms with van der Waals surface area (Å²) in [5, 5.41) is 0. The van der Waals surface area contributed by atoms with Gasteiger partial charge < -0.3 is 0 Å². The minimum Gasteiger partial charge on any atom is -0.289 e. The van der Waals surface area contributed by atoms with Crippen LogP contribution in [0.15, 0.2) is 34.3 Å². The molecule has 18 heavy (non-hydrogen) atoms. The van der Waals surface area contributed by atoms with Gasteiger partial charge in [-0.05, 0) is 49.5 Å². The molecule has 0 spiro atoms. The molecule has 0 unspecified atom stereocenters. The molecule has 0 heterocycles. The number of Topliss-reactive ketones (excluding diaryl/α,β-unsaturated/α-hetero) is 1. The van der Waals surface area contributed by atoms with Crippen LogP contribution in [0.3, 0.4) is 0 Å². The molecule has 0 saturated heterocycles. The van der Waals surface area contributed by atoms with Crippen molar-refractivity contribution in [3.63, 3.8) is 0 Å². The van der Waals surface area contributed by atoms with Crippen molar-refractivity contribution in [2.75, 3.05) is 0 Å². The van der Waals surface area contributed by atoms with Crippen LogP contribution in [-0.2, 0) is 0 Å². The molecule has 0 aliphatic heterocycles. The van der Waals surface area contributed by atoms with Gasteiger partial charge >= 0.3 is 0 Å². The van der Waals surface area contributed by atoms with E-state index < -0.39 is 0 Å². The third-order valence-electron chi connectivity index (χ3n) is 3.26. The Bertz CT molecular complexity index is 479. The normalized spacial score (nSPS) is 19.6. The molecule has 1 aliphatic carbocycles. The van der Waals surface area contributed by atoms with Crippen molar-refractivity contribution in [1.29, 1.82) is 0 Å². The molecule has 0 saturated carbocycles. The number of carbonyl (C=O) groups excluding carboxylic acids is 1. The van der Waals surface area contributed by atoms with Gasteiger partial charge in [0.1, 0.15) is 5.82 Å². The van der Waals surface area contributed by atoms with E-state index in [0.717, 1.165) is 31.3 Å². The summed E-state index contributed by atoms with van der Waals surface area (Å²) in [4.78, 5) is 12.4. The molecule has 0 bridgehead atoms. The number of allylic oxidation sites excluding steroid dienone is 2. The average molecular weight is 311 g/mol. The minimum atomic E-state index is -0.368. The molecule has 0 amide bonds. The molecule has 1 aliphatic rings. The van der Waals surface area contributed by atoms with Gasteiger partial charge in [-0.25, -0.2) is 4.39 Å². The van der Waals surface area contributed by atoms with Crippen LogP contribution in [0.1, 0.15) is 48.9 Å². The second-order valence-electron chi connectivity index (χ2n) is 4.64. The van der Waals surface area contributed by atoms with Crippen LogP contribution in [0.5, 0.6) is 0 Å². The quantitative estimate of drug-likeness (QED) is 0.698. The van der Waals surface area contributed by atoms with Gasteiger partial charge in [0.05, 0.1) is 0 Å². The Kier molecular flexibility index (Phi) is 4.70. The molecule has 0 fully saturated rings. The highest BCUT2D eigenvalue weighted by Gasteiger charge is 2.16. The van der Waals surface area contributed by atoms with Crippen LogP contribution in [0.4, 0.5) is 4.39 Å². The lowest BCUT2D eigenvalue weighted by atomic mass is 9.94. The van der Waals surface area contributed by atoms with E-state index in [2.05, 4.69) is 15.9 Å². The standard InChI is InChI=1S/C15H16BrFO/c16-14-9-8-12(17)10-13(14)15(18)11-6-4-2-1-3-5-7-11/h6,8-10H,1-5,7H2/b11-6+. The summed E-state index contributed by atoms with van der Waals surface area (Å²) in [6.45, 7) is 0. The fraction of sp³-hybridized carbons (Fsp3) is 0.400. The molecular weight excluding hydrogens is 295 g/mol. The van der Waals surface area contributed by atoms with Gasteiger partial charge in [-0.1, -0.05) is 34.8 Å². The van der Waals surface area contributed by atoms with Gasteiger partial charge in [0.2, 0.25) is 0 Å². The Labute approximate surface area is 115 Å². The fourth-order valence-corrected chi connectivity index (χ4v) is 2.67. The lowest BCUT2D eigenvalue weighted by Gasteiger charge is -2.11. The van der Waals surface area contributed by atoms with Crippen LogP contribution in [0.25, 0.3) is 0 Å². The van der Waals surface area contributed by atoms with Crippen molar-refractivity contribution in [2.24, 2.45) is 0 Å². The van der Waals surface area contributed by atoms with Crippen molar-refractivity contribution in [2.45, 2.75) is 38.5 Å². The third-order valence-corrected chi connectivity index (χ3v) is 3.95. The van der Waals surface area contributed by atoms with Crippen molar-refractivity contribution in [1.82, 2.24) is 0 Å². The predicted molar refractivity (Wildman–Crippen MR) is 74.2 cm³/mol. The number of benzene rings is 1. The van der Waals surface area contributed by atoms with Gasteiger partial charge in [-0.3, -0.25) is 4.79 Å². The highest BCUT2D eigenvalue weighted by Crippen LogP contribution is 2.25. The molecule has 0 atom stereocenters. The van der Waals surface area contributed by atoms with Crippen molar-refractivity contribution >= 4 is 21.7 Å². The number of hydrogen-bond acceptors (Lipinski definition) is 1. The van der Waals surface area contributed by atoms with Crippen LogP contribution in [0, 0.1) is 5.82 Å². The van der Waals surface area contributed by atoms with Gasteiger partial charge in [-0.15, -0.1) is 0 Å². The van der Waals surface area contributed by atoms with Crippen molar-refractivity contribution in [3.8, 4) is 0 Å². The molecule has 96 valence electrons. The van der Waals surface area contributed by atoms with Crippen LogP contribution in [-0.4, -0.2) is 5.78 Å². The van der Waals surface area contributed by atoms with E-state index in [0.29, 0.717) is 10.0 Å². The van der Waals surface area contributed by atoms with Gasteiger partial charge in [0, 0.05) is 10.0 Å². The first-order valence-electron chi connectivity index (χ1n) is 6.37. The second kappa shape index (κ2) is 6.28. The molecule has 1 nitrogen and oxygen atoms in total. The molecule has 0 N–H and O–H groups in total. The zero-order valence-corrected chi connectivity index (χ0v) is 11.8. The Balaban J connectivity index is 2.26. The Hall–Kier alpha value is -0.960. The maximum Gasteiger partial charge on any atom is 0.189 e. The maximum absolute atomic E-state index is 13.2. The molecule has 3 heteroatoms. The number of ketones is 1. The molecule has 1 aromatic rings. The van der Waals surface area contributed by atoms with E-state index >= 15 is 0 Å². The van der Waals surface area contributed by atoms with Crippen LogP contribution in [0.2, 0.25) is 0 Å². The average Bonchev–Trinajstić information content (AvgIpc) is 2.31. The van der Waals surface area contributed by atoms with Gasteiger partial charge in [0.25, 0.3) is 0 Å². The number of rotatable bonds is 2. The molecule has 0 radical (unpaired) electrons. The molecule has 1 aromatic carbocycles. The van der Waals surface area contributed by atoms with E-state index in [1.165, 1.54) is 25.0 Å². The summed E-state index contributed by atoms with van der Waals surface area (Å²) in [5.74, 6) is -0.406. The predicted octanol–water partition coefficient (Wildman–Crippen LogP) is 5.05. The largest absolute Gasteiger partial charge is 0.289 e. The van der Waals surface area contributed by atoms with E-state index in [9.17, 15) is 9.18 Å². The summed E-state index contributed by atoms with van der Waals surface area (Å²) in [6.07, 6.45) is 8.39. The lowest BCUT2D eigenvalue weighted by molar-refractivity contribution is 0.102. The zero-order chi connectivity index (χ0) is 13.0. The zero-order valence-electron chi connectivity index (χ0n) is 10.2. The Morgan fingerprint density at radius 1 is 1.17 bits per heavy atom. The summed E-state index contributed by atoms with van der Waals surface area (Å²) in [6, 6.07) is 4.26. The second-order valence-corrected chi connectivity index (χ2v) is 5.49. The molecule has 0 aromatic heterocycles.